The molecule has 0 aliphatic carbocycles. The molecule has 0 aromatic heterocycles. The first-order valence-electron chi connectivity index (χ1n) is 8.79. The number of sulfonamides is 1. The average Bonchev–Trinajstić information content (AvgIpc) is 2.65. The molecule has 1 N–H and O–H groups in total. The van der Waals surface area contributed by atoms with Crippen LogP contribution in [-0.2, 0) is 14.8 Å². The maximum Gasteiger partial charge on any atom is 0.241 e. The third-order valence-electron chi connectivity index (χ3n) is 3.96. The molecule has 0 spiro atoms. The third-order valence-corrected chi connectivity index (χ3v) is 5.10. The van der Waals surface area contributed by atoms with Gasteiger partial charge in [0.15, 0.2) is 0 Å². The van der Waals surface area contributed by atoms with E-state index >= 15 is 0 Å². The summed E-state index contributed by atoms with van der Waals surface area (Å²) >= 11 is 0. The summed E-state index contributed by atoms with van der Waals surface area (Å²) < 4.78 is 36.2. The molecule has 2 rings (SSSR count). The number of benzene rings is 2. The first-order valence-corrected chi connectivity index (χ1v) is 10.6. The Morgan fingerprint density at radius 1 is 1.14 bits per heavy atom. The Morgan fingerprint density at radius 2 is 1.82 bits per heavy atom. The van der Waals surface area contributed by atoms with Gasteiger partial charge in [0.2, 0.25) is 15.9 Å². The van der Waals surface area contributed by atoms with Crippen molar-refractivity contribution in [2.75, 3.05) is 30.8 Å². The summed E-state index contributed by atoms with van der Waals surface area (Å²) in [6.07, 6.45) is 1.06. The summed E-state index contributed by atoms with van der Waals surface area (Å²) in [5.41, 5.74) is 1.49. The van der Waals surface area contributed by atoms with Gasteiger partial charge >= 0.3 is 0 Å². The number of nitrogens with zero attached hydrogens (tertiary/aromatic N) is 1. The summed E-state index contributed by atoms with van der Waals surface area (Å²) in [4.78, 5) is 12.4. The van der Waals surface area contributed by atoms with Crippen LogP contribution in [0.5, 0.6) is 11.5 Å². The minimum Gasteiger partial charge on any atom is -0.497 e. The fourth-order valence-electron chi connectivity index (χ4n) is 2.51. The lowest BCUT2D eigenvalue weighted by Crippen LogP contribution is -2.44. The van der Waals surface area contributed by atoms with Crippen LogP contribution in [0, 0.1) is 6.92 Å². The first-order chi connectivity index (χ1) is 13.2. The van der Waals surface area contributed by atoms with Gasteiger partial charge in [-0.15, -0.1) is 0 Å². The number of aryl methyl sites for hydroxylation is 1. The van der Waals surface area contributed by atoms with Gasteiger partial charge in [0.1, 0.15) is 24.7 Å². The van der Waals surface area contributed by atoms with E-state index in [1.165, 1.54) is 7.11 Å². The number of nitrogens with one attached hydrogen (secondary N) is 1. The number of anilines is 1. The van der Waals surface area contributed by atoms with Crippen molar-refractivity contribution in [2.24, 2.45) is 0 Å². The van der Waals surface area contributed by atoms with Crippen LogP contribution in [0.15, 0.2) is 48.5 Å². The number of amides is 1. The zero-order valence-electron chi connectivity index (χ0n) is 16.5. The molecule has 0 radical (unpaired) electrons. The standard InChI is InChI=1S/C20H26N2O5S/c1-15-8-10-18(11-9-15)27-14-16(2)21-20(23)13-22(28(4,24)25)17-6-5-7-19(12-17)26-3/h5-12,16H,13-14H2,1-4H3,(H,21,23)/t16-/m0/s1. The molecule has 0 aliphatic rings. The number of ether oxygens (including phenoxy) is 2. The second kappa shape index (κ2) is 9.45. The number of hydrogen-bond donors (Lipinski definition) is 1. The van der Waals surface area contributed by atoms with Crippen molar-refractivity contribution >= 4 is 21.6 Å². The SMILES string of the molecule is COc1cccc(N(CC(=O)N[C@@H](C)COc2ccc(C)cc2)S(C)(=O)=O)c1. The number of methoxy groups -OCH3 is 1. The molecule has 1 amide bonds. The Morgan fingerprint density at radius 3 is 2.43 bits per heavy atom. The van der Waals surface area contributed by atoms with Gasteiger partial charge in [0, 0.05) is 6.07 Å². The highest BCUT2D eigenvalue weighted by atomic mass is 32.2. The Kier molecular flexibility index (Phi) is 7.28. The first kappa shape index (κ1) is 21.6. The minimum absolute atomic E-state index is 0.271. The number of rotatable bonds is 9. The molecule has 152 valence electrons. The zero-order chi connectivity index (χ0) is 20.7. The van der Waals surface area contributed by atoms with Gasteiger partial charge in [-0.2, -0.15) is 0 Å². The summed E-state index contributed by atoms with van der Waals surface area (Å²) in [5, 5.41) is 2.76. The Labute approximate surface area is 166 Å². The van der Waals surface area contributed by atoms with Crippen molar-refractivity contribution in [2.45, 2.75) is 19.9 Å². The molecule has 8 heteroatoms. The molecular weight excluding hydrogens is 380 g/mol. The van der Waals surface area contributed by atoms with Crippen LogP contribution in [0.4, 0.5) is 5.69 Å². The summed E-state index contributed by atoms with van der Waals surface area (Å²) in [6.45, 7) is 3.72. The average molecular weight is 407 g/mol. The Hall–Kier alpha value is -2.74. The summed E-state index contributed by atoms with van der Waals surface area (Å²) in [7, 11) is -2.16. The van der Waals surface area contributed by atoms with Gasteiger partial charge < -0.3 is 14.8 Å². The molecule has 0 saturated heterocycles. The van der Waals surface area contributed by atoms with Gasteiger partial charge in [0.05, 0.1) is 25.1 Å². The van der Waals surface area contributed by atoms with Crippen molar-refractivity contribution in [1.29, 1.82) is 0 Å². The van der Waals surface area contributed by atoms with Crippen molar-refractivity contribution in [3.05, 3.63) is 54.1 Å². The number of hydrogen-bond acceptors (Lipinski definition) is 5. The van der Waals surface area contributed by atoms with Crippen LogP contribution in [0.2, 0.25) is 0 Å². The van der Waals surface area contributed by atoms with Crippen molar-refractivity contribution < 1.29 is 22.7 Å². The molecular formula is C20H26N2O5S. The minimum atomic E-state index is -3.65. The van der Waals surface area contributed by atoms with Crippen LogP contribution in [-0.4, -0.2) is 46.9 Å². The second-order valence-corrected chi connectivity index (χ2v) is 8.47. The Balaban J connectivity index is 1.98. The molecule has 0 fully saturated rings. The zero-order valence-corrected chi connectivity index (χ0v) is 17.3. The van der Waals surface area contributed by atoms with Gasteiger partial charge in [0.25, 0.3) is 0 Å². The van der Waals surface area contributed by atoms with E-state index in [0.717, 1.165) is 16.1 Å². The fourth-order valence-corrected chi connectivity index (χ4v) is 3.36. The highest BCUT2D eigenvalue weighted by Crippen LogP contribution is 2.22. The van der Waals surface area contributed by atoms with E-state index in [2.05, 4.69) is 5.32 Å². The van der Waals surface area contributed by atoms with E-state index in [1.807, 2.05) is 31.2 Å². The van der Waals surface area contributed by atoms with E-state index in [0.29, 0.717) is 17.2 Å². The Bertz CT molecular complexity index is 897. The molecule has 0 unspecified atom stereocenters. The monoisotopic (exact) mass is 406 g/mol. The van der Waals surface area contributed by atoms with Crippen LogP contribution in [0.25, 0.3) is 0 Å². The summed E-state index contributed by atoms with van der Waals surface area (Å²) in [5.74, 6) is 0.792. The van der Waals surface area contributed by atoms with E-state index in [1.54, 1.807) is 31.2 Å². The highest BCUT2D eigenvalue weighted by molar-refractivity contribution is 7.92. The topological polar surface area (TPSA) is 84.9 Å². The predicted octanol–water partition coefficient (Wildman–Crippen LogP) is 2.35. The number of carbonyl (C=O) groups is 1. The molecule has 0 heterocycles. The number of carbonyl (C=O) groups excluding carboxylic acids is 1. The van der Waals surface area contributed by atoms with Crippen LogP contribution in [0.3, 0.4) is 0 Å². The maximum absolute atomic E-state index is 12.4. The molecule has 2 aromatic carbocycles. The molecule has 1 atom stereocenters. The lowest BCUT2D eigenvalue weighted by atomic mass is 10.2. The van der Waals surface area contributed by atoms with Gasteiger partial charge in [-0.25, -0.2) is 8.42 Å². The lowest BCUT2D eigenvalue weighted by molar-refractivity contribution is -0.120. The molecule has 0 saturated carbocycles. The van der Waals surface area contributed by atoms with Crippen molar-refractivity contribution in [1.82, 2.24) is 5.32 Å². The van der Waals surface area contributed by atoms with E-state index in [-0.39, 0.29) is 19.2 Å². The molecule has 2 aromatic rings. The van der Waals surface area contributed by atoms with E-state index in [4.69, 9.17) is 9.47 Å². The third kappa shape index (κ3) is 6.45. The quantitative estimate of drug-likeness (QED) is 0.691. The normalized spacial score (nSPS) is 12.1. The largest absolute Gasteiger partial charge is 0.497 e. The smallest absolute Gasteiger partial charge is 0.241 e. The predicted molar refractivity (Wildman–Crippen MR) is 109 cm³/mol. The molecule has 0 bridgehead atoms. The molecule has 7 nitrogen and oxygen atoms in total. The second-order valence-electron chi connectivity index (χ2n) is 6.56. The van der Waals surface area contributed by atoms with E-state index < -0.39 is 15.9 Å². The molecule has 28 heavy (non-hydrogen) atoms. The van der Waals surface area contributed by atoms with Crippen LogP contribution in [0.1, 0.15) is 12.5 Å². The lowest BCUT2D eigenvalue weighted by Gasteiger charge is -2.23. The maximum atomic E-state index is 12.4. The molecule has 0 aliphatic heterocycles. The summed E-state index contributed by atoms with van der Waals surface area (Å²) in [6, 6.07) is 13.9. The van der Waals surface area contributed by atoms with Crippen LogP contribution >= 0.6 is 0 Å². The van der Waals surface area contributed by atoms with Crippen molar-refractivity contribution in [3.63, 3.8) is 0 Å². The highest BCUT2D eigenvalue weighted by Gasteiger charge is 2.22. The van der Waals surface area contributed by atoms with Crippen LogP contribution < -0.4 is 19.1 Å². The fraction of sp³-hybridized carbons (Fsp3) is 0.350. The van der Waals surface area contributed by atoms with Gasteiger partial charge in [-0.3, -0.25) is 9.10 Å². The van der Waals surface area contributed by atoms with Crippen molar-refractivity contribution in [3.8, 4) is 11.5 Å². The van der Waals surface area contributed by atoms with E-state index in [9.17, 15) is 13.2 Å². The van der Waals surface area contributed by atoms with Gasteiger partial charge in [-0.05, 0) is 38.1 Å². The van der Waals surface area contributed by atoms with Gasteiger partial charge in [-0.1, -0.05) is 23.8 Å².